The van der Waals surface area contributed by atoms with E-state index in [1.807, 2.05) is 49.4 Å². The first kappa shape index (κ1) is 14.2. The standard InChI is InChI=1S/C16H12BrClN2O/c1-9-6-7-12(17)11(8-9)15-14(16(19)20-21-15)10-4-2-3-5-13(10)18/h2-8H,1H3,(H2,19,20). The van der Waals surface area contributed by atoms with Crippen LogP contribution in [0.5, 0.6) is 0 Å². The molecule has 0 aliphatic heterocycles. The van der Waals surface area contributed by atoms with Crippen molar-refractivity contribution in [1.29, 1.82) is 0 Å². The smallest absolute Gasteiger partial charge is 0.178 e. The third-order valence-electron chi connectivity index (χ3n) is 3.23. The highest BCUT2D eigenvalue weighted by Crippen LogP contribution is 2.42. The van der Waals surface area contributed by atoms with E-state index in [9.17, 15) is 0 Å². The van der Waals surface area contributed by atoms with E-state index in [2.05, 4.69) is 21.1 Å². The minimum absolute atomic E-state index is 0.325. The summed E-state index contributed by atoms with van der Waals surface area (Å²) in [7, 11) is 0. The number of hydrogen-bond acceptors (Lipinski definition) is 3. The molecule has 0 amide bonds. The van der Waals surface area contributed by atoms with Gasteiger partial charge in [0.25, 0.3) is 0 Å². The van der Waals surface area contributed by atoms with Crippen molar-refractivity contribution < 1.29 is 4.52 Å². The number of aromatic nitrogens is 1. The maximum Gasteiger partial charge on any atom is 0.178 e. The summed E-state index contributed by atoms with van der Waals surface area (Å²) in [5.41, 5.74) is 9.53. The normalized spacial score (nSPS) is 10.8. The lowest BCUT2D eigenvalue weighted by Crippen LogP contribution is -1.90. The third kappa shape index (κ3) is 2.57. The summed E-state index contributed by atoms with van der Waals surface area (Å²) >= 11 is 9.82. The number of benzene rings is 2. The molecule has 0 atom stereocenters. The van der Waals surface area contributed by atoms with Gasteiger partial charge in [-0.05, 0) is 25.1 Å². The van der Waals surface area contributed by atoms with Crippen LogP contribution in [0.3, 0.4) is 0 Å². The zero-order valence-electron chi connectivity index (χ0n) is 11.2. The lowest BCUT2D eigenvalue weighted by Gasteiger charge is -2.07. The number of aryl methyl sites for hydroxylation is 1. The van der Waals surface area contributed by atoms with E-state index < -0.39 is 0 Å². The Kier molecular flexibility index (Phi) is 3.74. The van der Waals surface area contributed by atoms with Gasteiger partial charge in [0.15, 0.2) is 11.6 Å². The molecule has 0 aliphatic carbocycles. The Balaban J connectivity index is 2.27. The van der Waals surface area contributed by atoms with Crippen LogP contribution < -0.4 is 5.73 Å². The molecule has 0 saturated heterocycles. The molecule has 3 rings (SSSR count). The van der Waals surface area contributed by atoms with Crippen LogP contribution in [0.15, 0.2) is 51.5 Å². The molecule has 0 bridgehead atoms. The monoisotopic (exact) mass is 362 g/mol. The molecule has 0 unspecified atom stereocenters. The highest BCUT2D eigenvalue weighted by molar-refractivity contribution is 9.10. The van der Waals surface area contributed by atoms with Crippen LogP contribution >= 0.6 is 27.5 Å². The van der Waals surface area contributed by atoms with Gasteiger partial charge in [-0.1, -0.05) is 62.5 Å². The predicted octanol–water partition coefficient (Wildman–Crippen LogP) is 5.32. The third-order valence-corrected chi connectivity index (χ3v) is 4.25. The Hall–Kier alpha value is -1.78. The van der Waals surface area contributed by atoms with Crippen molar-refractivity contribution in [3.63, 3.8) is 0 Å². The molecule has 1 aromatic heterocycles. The lowest BCUT2D eigenvalue weighted by atomic mass is 10.0. The minimum atomic E-state index is 0.325. The molecule has 1 heterocycles. The van der Waals surface area contributed by atoms with E-state index in [0.29, 0.717) is 22.2 Å². The SMILES string of the molecule is Cc1ccc(Br)c(-c2onc(N)c2-c2ccccc2Cl)c1. The number of nitrogen functional groups attached to an aromatic ring is 1. The fraction of sp³-hybridized carbons (Fsp3) is 0.0625. The van der Waals surface area contributed by atoms with Crippen molar-refractivity contribution in [3.8, 4) is 22.5 Å². The van der Waals surface area contributed by atoms with Crippen LogP contribution in [-0.4, -0.2) is 5.16 Å². The van der Waals surface area contributed by atoms with Gasteiger partial charge in [0, 0.05) is 20.6 Å². The molecule has 0 fully saturated rings. The summed E-state index contributed by atoms with van der Waals surface area (Å²) in [6.45, 7) is 2.02. The van der Waals surface area contributed by atoms with Crippen LogP contribution in [0.2, 0.25) is 5.02 Å². The number of anilines is 1. The van der Waals surface area contributed by atoms with Gasteiger partial charge in [-0.3, -0.25) is 0 Å². The first-order chi connectivity index (χ1) is 10.1. The van der Waals surface area contributed by atoms with Gasteiger partial charge in [0.05, 0.1) is 5.56 Å². The lowest BCUT2D eigenvalue weighted by molar-refractivity contribution is 0.436. The van der Waals surface area contributed by atoms with Gasteiger partial charge >= 0.3 is 0 Å². The number of nitrogens with two attached hydrogens (primary N) is 1. The van der Waals surface area contributed by atoms with Crippen molar-refractivity contribution in [3.05, 3.63) is 57.5 Å². The average molecular weight is 364 g/mol. The van der Waals surface area contributed by atoms with Crippen LogP contribution in [0, 0.1) is 6.92 Å². The summed E-state index contributed by atoms with van der Waals surface area (Å²) < 4.78 is 6.38. The Bertz CT molecular complexity index is 814. The van der Waals surface area contributed by atoms with Crippen LogP contribution in [0.1, 0.15) is 5.56 Å². The first-order valence-corrected chi connectivity index (χ1v) is 7.51. The Morgan fingerprint density at radius 1 is 1.14 bits per heavy atom. The molecular formula is C16H12BrClN2O. The number of hydrogen-bond donors (Lipinski definition) is 1. The van der Waals surface area contributed by atoms with Crippen LogP contribution in [0.25, 0.3) is 22.5 Å². The van der Waals surface area contributed by atoms with Crippen molar-refractivity contribution in [2.45, 2.75) is 6.92 Å². The molecule has 0 aliphatic rings. The van der Waals surface area contributed by atoms with Gasteiger partial charge in [-0.2, -0.15) is 0 Å². The molecule has 0 saturated carbocycles. The number of rotatable bonds is 2. The summed E-state index contributed by atoms with van der Waals surface area (Å²) in [5, 5.41) is 4.51. The highest BCUT2D eigenvalue weighted by atomic mass is 79.9. The molecule has 3 nitrogen and oxygen atoms in total. The number of halogens is 2. The molecular weight excluding hydrogens is 352 g/mol. The molecule has 21 heavy (non-hydrogen) atoms. The van der Waals surface area contributed by atoms with E-state index in [4.69, 9.17) is 21.9 Å². The van der Waals surface area contributed by atoms with Crippen molar-refractivity contribution in [2.75, 3.05) is 5.73 Å². The second-order valence-corrected chi connectivity index (χ2v) is 6.00. The van der Waals surface area contributed by atoms with Crippen molar-refractivity contribution >= 4 is 33.3 Å². The van der Waals surface area contributed by atoms with Gasteiger partial charge in [-0.25, -0.2) is 0 Å². The topological polar surface area (TPSA) is 52.0 Å². The summed E-state index contributed by atoms with van der Waals surface area (Å²) in [6.07, 6.45) is 0. The predicted molar refractivity (Wildman–Crippen MR) is 89.2 cm³/mol. The summed E-state index contributed by atoms with van der Waals surface area (Å²) in [6, 6.07) is 13.5. The minimum Gasteiger partial charge on any atom is -0.380 e. The average Bonchev–Trinajstić information content (AvgIpc) is 2.84. The highest BCUT2D eigenvalue weighted by Gasteiger charge is 2.21. The van der Waals surface area contributed by atoms with Gasteiger partial charge in [-0.15, -0.1) is 0 Å². The van der Waals surface area contributed by atoms with E-state index in [1.165, 1.54) is 0 Å². The molecule has 2 aromatic carbocycles. The second-order valence-electron chi connectivity index (χ2n) is 4.74. The van der Waals surface area contributed by atoms with Crippen molar-refractivity contribution in [2.24, 2.45) is 0 Å². The molecule has 3 aromatic rings. The van der Waals surface area contributed by atoms with Gasteiger partial charge < -0.3 is 10.3 Å². The fourth-order valence-corrected chi connectivity index (χ4v) is 2.88. The maximum absolute atomic E-state index is 6.28. The summed E-state index contributed by atoms with van der Waals surface area (Å²) in [5.74, 6) is 0.933. The maximum atomic E-state index is 6.28. The molecule has 106 valence electrons. The zero-order valence-corrected chi connectivity index (χ0v) is 13.6. The van der Waals surface area contributed by atoms with Gasteiger partial charge in [0.2, 0.25) is 0 Å². The Labute approximate surface area is 135 Å². The fourth-order valence-electron chi connectivity index (χ4n) is 2.22. The zero-order chi connectivity index (χ0) is 15.0. The molecule has 2 N–H and O–H groups in total. The van der Waals surface area contributed by atoms with E-state index >= 15 is 0 Å². The van der Waals surface area contributed by atoms with Gasteiger partial charge in [0.1, 0.15) is 0 Å². The molecule has 5 heteroatoms. The van der Waals surface area contributed by atoms with E-state index in [1.54, 1.807) is 0 Å². The Morgan fingerprint density at radius 3 is 2.67 bits per heavy atom. The van der Waals surface area contributed by atoms with E-state index in [0.717, 1.165) is 21.2 Å². The quantitative estimate of drug-likeness (QED) is 0.671. The Morgan fingerprint density at radius 2 is 1.90 bits per heavy atom. The van der Waals surface area contributed by atoms with Crippen molar-refractivity contribution in [1.82, 2.24) is 5.16 Å². The van der Waals surface area contributed by atoms with Crippen LogP contribution in [-0.2, 0) is 0 Å². The first-order valence-electron chi connectivity index (χ1n) is 6.34. The summed E-state index contributed by atoms with van der Waals surface area (Å²) in [4.78, 5) is 0. The second kappa shape index (κ2) is 5.54. The number of nitrogens with zero attached hydrogens (tertiary/aromatic N) is 1. The largest absolute Gasteiger partial charge is 0.380 e. The van der Waals surface area contributed by atoms with Crippen LogP contribution in [0.4, 0.5) is 5.82 Å². The van der Waals surface area contributed by atoms with E-state index in [-0.39, 0.29) is 0 Å². The molecule has 0 spiro atoms. The molecule has 0 radical (unpaired) electrons.